The molecule has 5 heteroatoms. The Morgan fingerprint density at radius 3 is 2.81 bits per heavy atom. The van der Waals surface area contributed by atoms with Crippen LogP contribution in [-0.2, 0) is 0 Å². The summed E-state index contributed by atoms with van der Waals surface area (Å²) in [5.41, 5.74) is 7.13. The van der Waals surface area contributed by atoms with Crippen LogP contribution in [0.1, 0.15) is 5.56 Å². The van der Waals surface area contributed by atoms with Gasteiger partial charge in [0.15, 0.2) is 0 Å². The predicted molar refractivity (Wildman–Crippen MR) is 64.0 cm³/mol. The Bertz CT molecular complexity index is 592. The zero-order valence-corrected chi connectivity index (χ0v) is 9.40. The first kappa shape index (κ1) is 10.7. The van der Waals surface area contributed by atoms with Gasteiger partial charge < -0.3 is 5.73 Å². The van der Waals surface area contributed by atoms with E-state index in [0.717, 1.165) is 5.56 Å². The van der Waals surface area contributed by atoms with Crippen LogP contribution in [0.4, 0.5) is 5.69 Å². The molecule has 82 valence electrons. The van der Waals surface area contributed by atoms with E-state index >= 15 is 0 Å². The number of aryl methyl sites for hydroxylation is 1. The van der Waals surface area contributed by atoms with Gasteiger partial charge in [0.1, 0.15) is 0 Å². The second-order valence-electron chi connectivity index (χ2n) is 3.47. The molecule has 0 fully saturated rings. The number of nitrogens with zero attached hydrogens (tertiary/aromatic N) is 2. The number of anilines is 1. The van der Waals surface area contributed by atoms with Crippen LogP contribution in [-0.4, -0.2) is 9.78 Å². The highest BCUT2D eigenvalue weighted by Gasteiger charge is 2.05. The number of hydrogen-bond donors (Lipinski definition) is 1. The van der Waals surface area contributed by atoms with Crippen molar-refractivity contribution < 1.29 is 0 Å². The molecule has 0 bridgehead atoms. The second-order valence-corrected chi connectivity index (χ2v) is 3.91. The average molecular weight is 236 g/mol. The normalized spacial score (nSPS) is 10.4. The molecule has 0 aliphatic heterocycles. The Morgan fingerprint density at radius 2 is 2.12 bits per heavy atom. The van der Waals surface area contributed by atoms with Crippen LogP contribution in [0.5, 0.6) is 0 Å². The van der Waals surface area contributed by atoms with Gasteiger partial charge in [-0.2, -0.15) is 9.78 Å². The molecule has 0 aliphatic rings. The van der Waals surface area contributed by atoms with Crippen LogP contribution in [0, 0.1) is 6.92 Å². The third-order valence-electron chi connectivity index (χ3n) is 2.22. The molecular formula is C11H10ClN3O. The van der Waals surface area contributed by atoms with Crippen molar-refractivity contribution in [2.45, 2.75) is 6.92 Å². The summed E-state index contributed by atoms with van der Waals surface area (Å²) in [6.45, 7) is 1.89. The summed E-state index contributed by atoms with van der Waals surface area (Å²) >= 11 is 5.88. The lowest BCUT2D eigenvalue weighted by Crippen LogP contribution is -2.21. The van der Waals surface area contributed by atoms with Gasteiger partial charge in [-0.1, -0.05) is 17.7 Å². The first-order valence-corrected chi connectivity index (χ1v) is 5.07. The number of rotatable bonds is 1. The fraction of sp³-hybridized carbons (Fsp3) is 0.0909. The quantitative estimate of drug-likeness (QED) is 0.820. The largest absolute Gasteiger partial charge is 0.397 e. The molecule has 2 aromatic rings. The average Bonchev–Trinajstić information content (AvgIpc) is 2.22. The molecular weight excluding hydrogens is 226 g/mol. The fourth-order valence-electron chi connectivity index (χ4n) is 1.41. The lowest BCUT2D eigenvalue weighted by Gasteiger charge is -2.07. The van der Waals surface area contributed by atoms with E-state index in [4.69, 9.17) is 17.3 Å². The third kappa shape index (κ3) is 1.92. The number of aromatic nitrogens is 2. The maximum Gasteiger partial charge on any atom is 0.273 e. The third-order valence-corrected chi connectivity index (χ3v) is 2.46. The zero-order chi connectivity index (χ0) is 11.7. The van der Waals surface area contributed by atoms with E-state index in [9.17, 15) is 4.79 Å². The van der Waals surface area contributed by atoms with Gasteiger partial charge in [0, 0.05) is 11.1 Å². The maximum absolute atomic E-state index is 11.7. The number of hydrogen-bond acceptors (Lipinski definition) is 3. The molecule has 2 N–H and O–H groups in total. The van der Waals surface area contributed by atoms with Crippen LogP contribution in [0.25, 0.3) is 5.69 Å². The van der Waals surface area contributed by atoms with E-state index in [1.54, 1.807) is 12.1 Å². The minimum absolute atomic E-state index is 0.273. The Morgan fingerprint density at radius 1 is 1.38 bits per heavy atom. The van der Waals surface area contributed by atoms with E-state index in [2.05, 4.69) is 5.10 Å². The van der Waals surface area contributed by atoms with E-state index in [-0.39, 0.29) is 5.56 Å². The van der Waals surface area contributed by atoms with Gasteiger partial charge in [-0.25, -0.2) is 0 Å². The molecule has 0 saturated heterocycles. The maximum atomic E-state index is 11.7. The summed E-state index contributed by atoms with van der Waals surface area (Å²) in [6, 6.07) is 6.62. The van der Waals surface area contributed by atoms with Gasteiger partial charge in [-0.05, 0) is 24.6 Å². The van der Waals surface area contributed by atoms with Gasteiger partial charge >= 0.3 is 0 Å². The topological polar surface area (TPSA) is 60.9 Å². The van der Waals surface area contributed by atoms with E-state index in [1.165, 1.54) is 16.9 Å². The molecule has 1 aromatic carbocycles. The van der Waals surface area contributed by atoms with Crippen molar-refractivity contribution in [2.24, 2.45) is 0 Å². The van der Waals surface area contributed by atoms with E-state index in [1.807, 2.05) is 13.0 Å². The van der Waals surface area contributed by atoms with Gasteiger partial charge in [0.05, 0.1) is 17.6 Å². The molecule has 0 unspecified atom stereocenters. The van der Waals surface area contributed by atoms with Crippen LogP contribution < -0.4 is 11.3 Å². The van der Waals surface area contributed by atoms with Crippen molar-refractivity contribution in [3.8, 4) is 5.69 Å². The Labute approximate surface area is 97.3 Å². The first-order valence-electron chi connectivity index (χ1n) is 4.69. The molecule has 1 heterocycles. The lowest BCUT2D eigenvalue weighted by atomic mass is 10.2. The van der Waals surface area contributed by atoms with Gasteiger partial charge in [0.2, 0.25) is 0 Å². The first-order chi connectivity index (χ1) is 7.58. The fourth-order valence-corrected chi connectivity index (χ4v) is 1.58. The number of halogens is 1. The van der Waals surface area contributed by atoms with Gasteiger partial charge in [-0.15, -0.1) is 0 Å². The molecule has 0 saturated carbocycles. The van der Waals surface area contributed by atoms with Crippen molar-refractivity contribution >= 4 is 17.3 Å². The highest BCUT2D eigenvalue weighted by atomic mass is 35.5. The van der Waals surface area contributed by atoms with Crippen molar-refractivity contribution in [3.63, 3.8) is 0 Å². The predicted octanol–water partition coefficient (Wildman–Crippen LogP) is 1.78. The molecule has 0 spiro atoms. The Hall–Kier alpha value is -1.81. The highest BCUT2D eigenvalue weighted by Crippen LogP contribution is 2.17. The highest BCUT2D eigenvalue weighted by molar-refractivity contribution is 6.30. The molecule has 1 aromatic heterocycles. The Kier molecular flexibility index (Phi) is 2.66. The van der Waals surface area contributed by atoms with Gasteiger partial charge in [-0.3, -0.25) is 4.79 Å². The van der Waals surface area contributed by atoms with E-state index in [0.29, 0.717) is 16.4 Å². The SMILES string of the molecule is Cc1ccc(Cl)cc1-n1ncc(N)cc1=O. The van der Waals surface area contributed by atoms with Crippen molar-refractivity contribution in [1.29, 1.82) is 0 Å². The second kappa shape index (κ2) is 3.98. The summed E-state index contributed by atoms with van der Waals surface area (Å²) in [6.07, 6.45) is 1.43. The summed E-state index contributed by atoms with van der Waals surface area (Å²) in [7, 11) is 0. The van der Waals surface area contributed by atoms with Crippen molar-refractivity contribution in [2.75, 3.05) is 5.73 Å². The molecule has 4 nitrogen and oxygen atoms in total. The minimum Gasteiger partial charge on any atom is -0.397 e. The van der Waals surface area contributed by atoms with Crippen LogP contribution in [0.15, 0.2) is 35.3 Å². The molecule has 0 amide bonds. The van der Waals surface area contributed by atoms with Gasteiger partial charge in [0.25, 0.3) is 5.56 Å². The zero-order valence-electron chi connectivity index (χ0n) is 8.64. The lowest BCUT2D eigenvalue weighted by molar-refractivity contribution is 0.803. The minimum atomic E-state index is -0.273. The molecule has 16 heavy (non-hydrogen) atoms. The monoisotopic (exact) mass is 235 g/mol. The number of benzene rings is 1. The standard InChI is InChI=1S/C11H10ClN3O/c1-7-2-3-8(12)4-10(7)15-11(16)5-9(13)6-14-15/h2-6H,13H2,1H3. The smallest absolute Gasteiger partial charge is 0.273 e. The summed E-state index contributed by atoms with van der Waals surface area (Å²) in [4.78, 5) is 11.7. The van der Waals surface area contributed by atoms with Crippen LogP contribution in [0.2, 0.25) is 5.02 Å². The molecule has 0 aliphatic carbocycles. The molecule has 0 radical (unpaired) electrons. The van der Waals surface area contributed by atoms with Crippen molar-refractivity contribution in [1.82, 2.24) is 9.78 Å². The summed E-state index contributed by atoms with van der Waals surface area (Å²) in [5, 5.41) is 4.53. The van der Waals surface area contributed by atoms with E-state index < -0.39 is 0 Å². The van der Waals surface area contributed by atoms with Crippen LogP contribution >= 0.6 is 11.6 Å². The van der Waals surface area contributed by atoms with Crippen molar-refractivity contribution in [3.05, 3.63) is 51.4 Å². The Balaban J connectivity index is 2.67. The molecule has 0 atom stereocenters. The summed E-state index contributed by atoms with van der Waals surface area (Å²) < 4.78 is 1.28. The van der Waals surface area contributed by atoms with Crippen LogP contribution in [0.3, 0.4) is 0 Å². The summed E-state index contributed by atoms with van der Waals surface area (Å²) in [5.74, 6) is 0. The molecule has 2 rings (SSSR count). The number of nitrogen functional groups attached to an aromatic ring is 1. The number of nitrogens with two attached hydrogens (primary N) is 1.